The van der Waals surface area contributed by atoms with E-state index in [1.807, 2.05) is 24.3 Å². The summed E-state index contributed by atoms with van der Waals surface area (Å²) in [6, 6.07) is 12.5. The number of carbonyl (C=O) groups is 5. The molecule has 0 saturated carbocycles. The molecule has 1 atom stereocenters. The highest BCUT2D eigenvalue weighted by atomic mass is 32.2. The second kappa shape index (κ2) is 11.1. The highest BCUT2D eigenvalue weighted by molar-refractivity contribution is 8.18. The molecule has 11 heteroatoms. The summed E-state index contributed by atoms with van der Waals surface area (Å²) < 4.78 is 0. The molecule has 3 amide bonds. The standard InChI is InChI=1S/C23H21N3O7S/c27-19(28)9-8-17(22(31)32)25-20(29)15-6-4-13(5-7-15)12-24-16-3-1-2-14(10-16)11-18-21(30)26-23(33)34-18/h1-7,10-11,17,24H,8-9,12H2,(H,25,29)(H,27,28)(H,31,32)(H,26,30,33)/b18-11-/t17-/m1/s1. The van der Waals surface area contributed by atoms with Crippen molar-refractivity contribution in [2.45, 2.75) is 25.4 Å². The minimum Gasteiger partial charge on any atom is -0.481 e. The number of benzene rings is 2. The molecule has 3 rings (SSSR count). The van der Waals surface area contributed by atoms with Crippen LogP contribution < -0.4 is 16.0 Å². The van der Waals surface area contributed by atoms with Gasteiger partial charge in [0.05, 0.1) is 4.91 Å². The first-order valence-corrected chi connectivity index (χ1v) is 11.0. The second-order valence-electron chi connectivity index (χ2n) is 7.32. The van der Waals surface area contributed by atoms with Gasteiger partial charge in [0.15, 0.2) is 0 Å². The van der Waals surface area contributed by atoms with Crippen molar-refractivity contribution in [3.63, 3.8) is 0 Å². The second-order valence-corrected chi connectivity index (χ2v) is 8.34. The summed E-state index contributed by atoms with van der Waals surface area (Å²) in [5.74, 6) is -3.47. The van der Waals surface area contributed by atoms with Crippen LogP contribution in [0.1, 0.15) is 34.3 Å². The molecule has 5 N–H and O–H groups in total. The van der Waals surface area contributed by atoms with Gasteiger partial charge in [-0.05, 0) is 59.7 Å². The Labute approximate surface area is 198 Å². The van der Waals surface area contributed by atoms with Gasteiger partial charge < -0.3 is 20.8 Å². The Kier molecular flexibility index (Phi) is 8.04. The summed E-state index contributed by atoms with van der Waals surface area (Å²) in [7, 11) is 0. The molecule has 1 aliphatic heterocycles. The third-order valence-corrected chi connectivity index (χ3v) is 5.60. The van der Waals surface area contributed by atoms with E-state index in [2.05, 4.69) is 16.0 Å². The molecule has 0 radical (unpaired) electrons. The maximum Gasteiger partial charge on any atom is 0.326 e. The van der Waals surface area contributed by atoms with Crippen LogP contribution in [0.25, 0.3) is 6.08 Å². The van der Waals surface area contributed by atoms with E-state index in [9.17, 15) is 29.1 Å². The summed E-state index contributed by atoms with van der Waals surface area (Å²) >= 11 is 0.847. The molecule has 1 saturated heterocycles. The van der Waals surface area contributed by atoms with Gasteiger partial charge in [-0.25, -0.2) is 4.79 Å². The number of rotatable bonds is 10. The molecule has 1 aliphatic rings. The third-order valence-electron chi connectivity index (χ3n) is 4.79. The van der Waals surface area contributed by atoms with Gasteiger partial charge in [-0.15, -0.1) is 0 Å². The van der Waals surface area contributed by atoms with E-state index in [4.69, 9.17) is 5.11 Å². The molecule has 34 heavy (non-hydrogen) atoms. The van der Waals surface area contributed by atoms with Crippen molar-refractivity contribution in [3.8, 4) is 0 Å². The van der Waals surface area contributed by atoms with E-state index in [0.717, 1.165) is 28.6 Å². The van der Waals surface area contributed by atoms with Gasteiger partial charge in [-0.2, -0.15) is 0 Å². The van der Waals surface area contributed by atoms with Crippen molar-refractivity contribution in [1.29, 1.82) is 0 Å². The number of aliphatic carboxylic acids is 2. The van der Waals surface area contributed by atoms with Crippen LogP contribution in [0.5, 0.6) is 0 Å². The number of carboxylic acids is 2. The van der Waals surface area contributed by atoms with Crippen molar-refractivity contribution < 1.29 is 34.2 Å². The Hall–Kier alpha value is -4.12. The van der Waals surface area contributed by atoms with Crippen molar-refractivity contribution in [2.24, 2.45) is 0 Å². The highest BCUT2D eigenvalue weighted by Gasteiger charge is 2.25. The molecule has 0 unspecified atom stereocenters. The van der Waals surface area contributed by atoms with Gasteiger partial charge >= 0.3 is 11.9 Å². The van der Waals surface area contributed by atoms with Crippen LogP contribution in [0.15, 0.2) is 53.4 Å². The zero-order valence-electron chi connectivity index (χ0n) is 17.7. The number of hydrogen-bond acceptors (Lipinski definition) is 7. The molecule has 2 aromatic rings. The number of hydrogen-bond donors (Lipinski definition) is 5. The molecule has 0 aliphatic carbocycles. The SMILES string of the molecule is O=C(O)CC[C@@H](NC(=O)c1ccc(CNc2cccc(/C=C3\SC(=O)NC3=O)c2)cc1)C(=O)O. The number of amides is 3. The van der Waals surface area contributed by atoms with E-state index in [1.165, 1.54) is 0 Å². The number of carbonyl (C=O) groups excluding carboxylic acids is 3. The minimum atomic E-state index is -1.30. The van der Waals surface area contributed by atoms with Crippen LogP contribution >= 0.6 is 11.8 Å². The predicted molar refractivity (Wildman–Crippen MR) is 125 cm³/mol. The summed E-state index contributed by atoms with van der Waals surface area (Å²) in [6.45, 7) is 0.437. The molecule has 10 nitrogen and oxygen atoms in total. The fraction of sp³-hybridized carbons (Fsp3) is 0.174. The van der Waals surface area contributed by atoms with Crippen LogP contribution in [0.2, 0.25) is 0 Å². The van der Waals surface area contributed by atoms with Crippen molar-refractivity contribution >= 4 is 52.5 Å². The summed E-state index contributed by atoms with van der Waals surface area (Å²) in [6.07, 6.45) is 1.04. The van der Waals surface area contributed by atoms with E-state index >= 15 is 0 Å². The molecule has 1 fully saturated rings. The number of anilines is 1. The van der Waals surface area contributed by atoms with Crippen LogP contribution in [-0.4, -0.2) is 45.2 Å². The van der Waals surface area contributed by atoms with Gasteiger partial charge in [0.2, 0.25) is 0 Å². The molecular weight excluding hydrogens is 462 g/mol. The van der Waals surface area contributed by atoms with E-state index < -0.39 is 35.0 Å². The average molecular weight is 484 g/mol. The zero-order valence-corrected chi connectivity index (χ0v) is 18.6. The number of thioether (sulfide) groups is 1. The zero-order chi connectivity index (χ0) is 24.7. The largest absolute Gasteiger partial charge is 0.481 e. The Morgan fingerprint density at radius 2 is 1.79 bits per heavy atom. The number of nitrogens with one attached hydrogen (secondary N) is 3. The maximum absolute atomic E-state index is 12.3. The first-order valence-electron chi connectivity index (χ1n) is 10.1. The van der Waals surface area contributed by atoms with Crippen molar-refractivity contribution in [3.05, 3.63) is 70.1 Å². The lowest BCUT2D eigenvalue weighted by atomic mass is 10.1. The Morgan fingerprint density at radius 3 is 2.41 bits per heavy atom. The van der Waals surface area contributed by atoms with Gasteiger partial charge in [0.1, 0.15) is 6.04 Å². The molecule has 1 heterocycles. The number of carboxylic acid groups (broad SMARTS) is 2. The van der Waals surface area contributed by atoms with E-state index in [-0.39, 0.29) is 18.4 Å². The summed E-state index contributed by atoms with van der Waals surface area (Å²) in [4.78, 5) is 57.5. The quantitative estimate of drug-likeness (QED) is 0.320. The lowest BCUT2D eigenvalue weighted by molar-refractivity contribution is -0.140. The van der Waals surface area contributed by atoms with Gasteiger partial charge in [-0.1, -0.05) is 24.3 Å². The highest BCUT2D eigenvalue weighted by Crippen LogP contribution is 2.26. The fourth-order valence-electron chi connectivity index (χ4n) is 3.06. The van der Waals surface area contributed by atoms with Crippen LogP contribution in [0.4, 0.5) is 10.5 Å². The molecule has 0 aromatic heterocycles. The van der Waals surface area contributed by atoms with Crippen molar-refractivity contribution in [2.75, 3.05) is 5.32 Å². The minimum absolute atomic E-state index is 0.214. The fourth-order valence-corrected chi connectivity index (χ4v) is 3.74. The molecule has 2 aromatic carbocycles. The monoisotopic (exact) mass is 483 g/mol. The summed E-state index contributed by atoms with van der Waals surface area (Å²) in [5.41, 5.74) is 2.65. The van der Waals surface area contributed by atoms with Crippen LogP contribution in [-0.2, 0) is 20.9 Å². The molecular formula is C23H21N3O7S. The third kappa shape index (κ3) is 6.94. The topological polar surface area (TPSA) is 162 Å². The van der Waals surface area contributed by atoms with Gasteiger partial charge in [-0.3, -0.25) is 24.5 Å². The van der Waals surface area contributed by atoms with Crippen LogP contribution in [0.3, 0.4) is 0 Å². The average Bonchev–Trinajstić information content (AvgIpc) is 3.11. The lowest BCUT2D eigenvalue weighted by Gasteiger charge is -2.14. The van der Waals surface area contributed by atoms with E-state index in [1.54, 1.807) is 30.3 Å². The van der Waals surface area contributed by atoms with Gasteiger partial charge in [0, 0.05) is 24.2 Å². The Bertz CT molecular complexity index is 1160. The Balaban J connectivity index is 1.58. The molecule has 176 valence electrons. The molecule has 0 spiro atoms. The predicted octanol–water partition coefficient (Wildman–Crippen LogP) is 2.67. The van der Waals surface area contributed by atoms with E-state index in [0.29, 0.717) is 11.4 Å². The number of imide groups is 1. The smallest absolute Gasteiger partial charge is 0.326 e. The normalized spacial score (nSPS) is 15.0. The first-order chi connectivity index (χ1) is 16.2. The van der Waals surface area contributed by atoms with Crippen LogP contribution in [0, 0.1) is 0 Å². The lowest BCUT2D eigenvalue weighted by Crippen LogP contribution is -2.41. The summed E-state index contributed by atoms with van der Waals surface area (Å²) in [5, 5.41) is 25.3. The molecule has 0 bridgehead atoms. The van der Waals surface area contributed by atoms with Gasteiger partial charge in [0.25, 0.3) is 17.1 Å². The van der Waals surface area contributed by atoms with Crippen molar-refractivity contribution in [1.82, 2.24) is 10.6 Å². The maximum atomic E-state index is 12.3. The Morgan fingerprint density at radius 1 is 1.06 bits per heavy atom. The first kappa shape index (κ1) is 24.5.